The highest BCUT2D eigenvalue weighted by Crippen LogP contribution is 2.25. The Balaban J connectivity index is 5.13. The third kappa shape index (κ3) is 4.06. The molecule has 88 valence electrons. The lowest BCUT2D eigenvalue weighted by molar-refractivity contribution is -0.138. The monoisotopic (exact) mass is 212 g/mol. The molecule has 0 rings (SSSR count). The maximum Gasteiger partial charge on any atom is 0.333 e. The summed E-state index contributed by atoms with van der Waals surface area (Å²) in [6.07, 6.45) is 0.754. The summed E-state index contributed by atoms with van der Waals surface area (Å²) in [7, 11) is 0. The molecule has 15 heavy (non-hydrogen) atoms. The molecular formula is C13H24O2. The van der Waals surface area contributed by atoms with Crippen molar-refractivity contribution in [1.29, 1.82) is 0 Å². The summed E-state index contributed by atoms with van der Waals surface area (Å²) in [4.78, 5) is 11.7. The van der Waals surface area contributed by atoms with Crippen LogP contribution in [0, 0.1) is 11.8 Å². The second-order valence-electron chi connectivity index (χ2n) is 4.32. The van der Waals surface area contributed by atoms with Gasteiger partial charge < -0.3 is 4.74 Å². The molecule has 0 heterocycles. The van der Waals surface area contributed by atoms with E-state index in [9.17, 15) is 4.79 Å². The summed E-state index contributed by atoms with van der Waals surface area (Å²) < 4.78 is 5.08. The zero-order valence-electron chi connectivity index (χ0n) is 10.9. The van der Waals surface area contributed by atoms with Crippen molar-refractivity contribution in [2.24, 2.45) is 11.8 Å². The van der Waals surface area contributed by atoms with Crippen LogP contribution in [0.1, 0.15) is 48.0 Å². The molecule has 0 aliphatic rings. The Morgan fingerprint density at radius 2 is 1.53 bits per heavy atom. The van der Waals surface area contributed by atoms with Gasteiger partial charge in [0.2, 0.25) is 0 Å². The first-order valence-electron chi connectivity index (χ1n) is 5.85. The van der Waals surface area contributed by atoms with Crippen molar-refractivity contribution < 1.29 is 9.53 Å². The van der Waals surface area contributed by atoms with E-state index in [2.05, 4.69) is 27.7 Å². The van der Waals surface area contributed by atoms with Crippen LogP contribution in [0.4, 0.5) is 0 Å². The fourth-order valence-electron chi connectivity index (χ4n) is 2.05. The van der Waals surface area contributed by atoms with Crippen LogP contribution in [0.15, 0.2) is 11.1 Å². The van der Waals surface area contributed by atoms with Gasteiger partial charge in [-0.3, -0.25) is 0 Å². The molecule has 0 aromatic rings. The number of carbonyl (C=O) groups is 1. The Bertz CT molecular complexity index is 227. The predicted molar refractivity (Wildman–Crippen MR) is 63.6 cm³/mol. The molecule has 0 saturated heterocycles. The molecule has 2 nitrogen and oxygen atoms in total. The third-order valence-corrected chi connectivity index (χ3v) is 2.47. The van der Waals surface area contributed by atoms with Crippen LogP contribution in [0.5, 0.6) is 0 Å². The zero-order valence-corrected chi connectivity index (χ0v) is 10.9. The quantitative estimate of drug-likeness (QED) is 0.514. The lowest BCUT2D eigenvalue weighted by atomic mass is 9.87. The second-order valence-corrected chi connectivity index (χ2v) is 4.32. The minimum absolute atomic E-state index is 0.141. The number of hydrogen-bond donors (Lipinski definition) is 0. The van der Waals surface area contributed by atoms with E-state index in [0.717, 1.165) is 12.0 Å². The maximum absolute atomic E-state index is 11.7. The molecule has 0 radical (unpaired) electrons. The number of rotatable bonds is 5. The number of hydrogen-bond acceptors (Lipinski definition) is 2. The molecule has 0 spiro atoms. The van der Waals surface area contributed by atoms with Crippen LogP contribution in [0.2, 0.25) is 0 Å². The number of carbonyl (C=O) groups excluding carboxylic acids is 1. The molecule has 0 N–H and O–H groups in total. The van der Waals surface area contributed by atoms with E-state index < -0.39 is 0 Å². The molecule has 0 amide bonds. The van der Waals surface area contributed by atoms with Crippen molar-refractivity contribution >= 4 is 5.97 Å². The van der Waals surface area contributed by atoms with Gasteiger partial charge in [0.1, 0.15) is 0 Å². The fourth-order valence-corrected chi connectivity index (χ4v) is 2.05. The largest absolute Gasteiger partial charge is 0.463 e. The van der Waals surface area contributed by atoms with E-state index in [0.29, 0.717) is 18.4 Å². The first kappa shape index (κ1) is 14.2. The van der Waals surface area contributed by atoms with Crippen LogP contribution in [-0.2, 0) is 9.53 Å². The Kier molecular flexibility index (Phi) is 6.30. The van der Waals surface area contributed by atoms with Crippen LogP contribution < -0.4 is 0 Å². The molecule has 0 aromatic heterocycles. The minimum Gasteiger partial charge on any atom is -0.463 e. The molecule has 0 saturated carbocycles. The highest BCUT2D eigenvalue weighted by Gasteiger charge is 2.19. The SMILES string of the molecule is CCOC(=O)C(CC)=C(C(C)C)C(C)C. The molecule has 0 fully saturated rings. The Morgan fingerprint density at radius 1 is 1.07 bits per heavy atom. The summed E-state index contributed by atoms with van der Waals surface area (Å²) in [6.45, 7) is 12.8. The standard InChI is InChI=1S/C13H24O2/c1-7-11(13(14)15-8-2)12(9(3)4)10(5)6/h9-10H,7-8H2,1-6H3. The summed E-state index contributed by atoms with van der Waals surface area (Å²) in [5.41, 5.74) is 2.10. The van der Waals surface area contributed by atoms with Gasteiger partial charge in [0, 0.05) is 5.57 Å². The summed E-state index contributed by atoms with van der Waals surface area (Å²) in [5.74, 6) is 0.672. The Hall–Kier alpha value is -0.790. The van der Waals surface area contributed by atoms with Crippen LogP contribution in [0.25, 0.3) is 0 Å². The minimum atomic E-state index is -0.141. The smallest absolute Gasteiger partial charge is 0.333 e. The van der Waals surface area contributed by atoms with Gasteiger partial charge in [-0.1, -0.05) is 40.2 Å². The molecule has 0 bridgehead atoms. The van der Waals surface area contributed by atoms with Gasteiger partial charge in [0.05, 0.1) is 6.61 Å². The Labute approximate surface area is 93.7 Å². The van der Waals surface area contributed by atoms with Gasteiger partial charge in [-0.2, -0.15) is 0 Å². The highest BCUT2D eigenvalue weighted by atomic mass is 16.5. The molecule has 2 heteroatoms. The molecule has 0 aliphatic carbocycles. The number of ether oxygens (including phenoxy) is 1. The van der Waals surface area contributed by atoms with Crippen LogP contribution in [0.3, 0.4) is 0 Å². The average molecular weight is 212 g/mol. The third-order valence-electron chi connectivity index (χ3n) is 2.47. The van der Waals surface area contributed by atoms with Gasteiger partial charge in [0.15, 0.2) is 0 Å². The van der Waals surface area contributed by atoms with Crippen molar-refractivity contribution in [3.63, 3.8) is 0 Å². The molecule has 0 aliphatic heterocycles. The van der Waals surface area contributed by atoms with Gasteiger partial charge >= 0.3 is 5.97 Å². The van der Waals surface area contributed by atoms with Gasteiger partial charge in [-0.25, -0.2) is 4.79 Å². The van der Waals surface area contributed by atoms with Gasteiger partial charge in [0.25, 0.3) is 0 Å². The van der Waals surface area contributed by atoms with Crippen molar-refractivity contribution in [3.8, 4) is 0 Å². The van der Waals surface area contributed by atoms with Crippen molar-refractivity contribution in [3.05, 3.63) is 11.1 Å². The Morgan fingerprint density at radius 3 is 1.80 bits per heavy atom. The van der Waals surface area contributed by atoms with Crippen LogP contribution >= 0.6 is 0 Å². The summed E-state index contributed by atoms with van der Waals surface area (Å²) >= 11 is 0. The van der Waals surface area contributed by atoms with Crippen molar-refractivity contribution in [1.82, 2.24) is 0 Å². The van der Waals surface area contributed by atoms with E-state index >= 15 is 0 Å². The first-order chi connectivity index (χ1) is 6.95. The summed E-state index contributed by atoms with van der Waals surface area (Å²) in [5, 5.41) is 0. The number of allylic oxidation sites excluding steroid dienone is 1. The van der Waals surface area contributed by atoms with E-state index in [1.165, 1.54) is 5.57 Å². The van der Waals surface area contributed by atoms with E-state index in [1.807, 2.05) is 13.8 Å². The predicted octanol–water partition coefficient (Wildman–Crippen LogP) is 3.57. The number of esters is 1. The van der Waals surface area contributed by atoms with Crippen molar-refractivity contribution in [2.75, 3.05) is 6.61 Å². The van der Waals surface area contributed by atoms with Crippen molar-refractivity contribution in [2.45, 2.75) is 48.0 Å². The second kappa shape index (κ2) is 6.65. The van der Waals surface area contributed by atoms with E-state index in [4.69, 9.17) is 4.74 Å². The zero-order chi connectivity index (χ0) is 12.0. The maximum atomic E-state index is 11.7. The highest BCUT2D eigenvalue weighted by molar-refractivity contribution is 5.89. The molecule has 0 aromatic carbocycles. The van der Waals surface area contributed by atoms with Gasteiger partial charge in [-0.15, -0.1) is 0 Å². The molecular weight excluding hydrogens is 188 g/mol. The van der Waals surface area contributed by atoms with Gasteiger partial charge in [-0.05, 0) is 25.2 Å². The lowest BCUT2D eigenvalue weighted by Crippen LogP contribution is -2.15. The van der Waals surface area contributed by atoms with Crippen LogP contribution in [-0.4, -0.2) is 12.6 Å². The fraction of sp³-hybridized carbons (Fsp3) is 0.769. The van der Waals surface area contributed by atoms with E-state index in [-0.39, 0.29) is 5.97 Å². The first-order valence-corrected chi connectivity index (χ1v) is 5.85. The normalized spacial score (nSPS) is 10.7. The molecule has 0 unspecified atom stereocenters. The summed E-state index contributed by atoms with van der Waals surface area (Å²) in [6, 6.07) is 0. The lowest BCUT2D eigenvalue weighted by Gasteiger charge is -2.20. The topological polar surface area (TPSA) is 26.3 Å². The molecule has 0 atom stereocenters. The van der Waals surface area contributed by atoms with E-state index in [1.54, 1.807) is 0 Å². The average Bonchev–Trinajstić information content (AvgIpc) is 2.12.